The smallest absolute Gasteiger partial charge is 0.410 e. The topological polar surface area (TPSA) is 282 Å². The van der Waals surface area contributed by atoms with Crippen molar-refractivity contribution in [3.05, 3.63) is 65.4 Å². The maximum absolute atomic E-state index is 13.1. The number of hydrogen-bond acceptors (Lipinski definition) is 16. The minimum atomic E-state index is -1.91. The number of aromatic nitrogens is 3. The Morgan fingerprint density at radius 2 is 1.70 bits per heavy atom. The van der Waals surface area contributed by atoms with Gasteiger partial charge in [0.05, 0.1) is 24.9 Å². The van der Waals surface area contributed by atoms with E-state index in [1.807, 2.05) is 18.3 Å². The summed E-state index contributed by atoms with van der Waals surface area (Å²) in [6, 6.07) is 12.5. The van der Waals surface area contributed by atoms with Crippen LogP contribution >= 0.6 is 0 Å². The second-order valence-corrected chi connectivity index (χ2v) is 15.0. The van der Waals surface area contributed by atoms with Crippen molar-refractivity contribution >= 4 is 46.5 Å². The average molecular weight is 850 g/mol. The van der Waals surface area contributed by atoms with E-state index < -0.39 is 48.7 Å². The summed E-state index contributed by atoms with van der Waals surface area (Å²) in [6.45, 7) is 6.13. The number of anilines is 3. The fourth-order valence-electron chi connectivity index (χ4n) is 7.23. The van der Waals surface area contributed by atoms with Crippen LogP contribution in [0.5, 0.6) is 11.5 Å². The molecule has 0 unspecified atom stereocenters. The van der Waals surface area contributed by atoms with Gasteiger partial charge in [-0.05, 0) is 41.8 Å². The molecule has 2 amide bonds. The number of nitrogens with two attached hydrogens (primary N) is 2. The summed E-state index contributed by atoms with van der Waals surface area (Å²) in [5.41, 5.74) is 15.8. The van der Waals surface area contributed by atoms with Crippen LogP contribution in [0.4, 0.5) is 22.2 Å². The third kappa shape index (κ3) is 11.1. The maximum atomic E-state index is 13.1. The van der Waals surface area contributed by atoms with E-state index in [-0.39, 0.29) is 37.0 Å². The molecule has 4 aromatic rings. The van der Waals surface area contributed by atoms with Gasteiger partial charge in [-0.1, -0.05) is 38.0 Å². The number of piperazine rings is 1. The molecule has 0 radical (unpaired) electrons. The predicted molar refractivity (Wildman–Crippen MR) is 223 cm³/mol. The number of nitrogens with zero attached hydrogens (tertiary/aromatic N) is 5. The van der Waals surface area contributed by atoms with Gasteiger partial charge < -0.3 is 70.9 Å². The van der Waals surface area contributed by atoms with Gasteiger partial charge in [-0.2, -0.15) is 4.98 Å². The Bertz CT molecular complexity index is 2150. The van der Waals surface area contributed by atoms with E-state index in [2.05, 4.69) is 49.1 Å². The Hall–Kier alpha value is -5.77. The van der Waals surface area contributed by atoms with E-state index in [9.17, 15) is 34.8 Å². The molecule has 4 heterocycles. The number of ether oxygens (including phenoxy) is 4. The van der Waals surface area contributed by atoms with Gasteiger partial charge in [-0.25, -0.2) is 14.6 Å². The highest BCUT2D eigenvalue weighted by atomic mass is 16.7. The van der Waals surface area contributed by atoms with E-state index in [4.69, 9.17) is 30.4 Å². The number of fused-ring (bicyclic) bond motifs is 1. The number of hydrogen-bond donors (Lipinski definition) is 8. The summed E-state index contributed by atoms with van der Waals surface area (Å²) in [6.07, 6.45) is -4.51. The molecule has 2 aromatic carbocycles. The Morgan fingerprint density at radius 1 is 0.934 bits per heavy atom. The molecule has 5 atom stereocenters. The van der Waals surface area contributed by atoms with E-state index >= 15 is 0 Å². The highest BCUT2D eigenvalue weighted by molar-refractivity contribution is 5.92. The largest absolute Gasteiger partial charge is 0.496 e. The lowest BCUT2D eigenvalue weighted by Gasteiger charge is -2.38. The van der Waals surface area contributed by atoms with Crippen LogP contribution in [-0.2, 0) is 38.8 Å². The van der Waals surface area contributed by atoms with Gasteiger partial charge in [0.25, 0.3) is 0 Å². The number of nitrogens with one attached hydrogen (secondary N) is 2. The number of benzene rings is 2. The first-order valence-corrected chi connectivity index (χ1v) is 20.3. The van der Waals surface area contributed by atoms with Crippen LogP contribution in [0, 0.1) is 0 Å². The molecular formula is C41H55N9O11. The summed E-state index contributed by atoms with van der Waals surface area (Å²) < 4.78 is 24.5. The Morgan fingerprint density at radius 3 is 2.43 bits per heavy atom. The van der Waals surface area contributed by atoms with E-state index in [1.54, 1.807) is 18.1 Å². The lowest BCUT2D eigenvalue weighted by Crippen LogP contribution is -2.61. The molecule has 61 heavy (non-hydrogen) atoms. The van der Waals surface area contributed by atoms with Crippen LogP contribution in [-0.4, -0.2) is 140 Å². The van der Waals surface area contributed by atoms with Crippen LogP contribution in [0.15, 0.2) is 48.7 Å². The molecule has 2 saturated heterocycles. The highest BCUT2D eigenvalue weighted by Crippen LogP contribution is 2.32. The molecule has 20 nitrogen and oxygen atoms in total. The maximum Gasteiger partial charge on any atom is 0.410 e. The summed E-state index contributed by atoms with van der Waals surface area (Å²) in [4.78, 5) is 50.0. The summed E-state index contributed by atoms with van der Waals surface area (Å²) in [5, 5.41) is 46.1. The minimum Gasteiger partial charge on any atom is -0.496 e. The number of amides is 2. The molecule has 0 bridgehead atoms. The molecule has 0 saturated carbocycles. The van der Waals surface area contributed by atoms with Crippen LogP contribution in [0.25, 0.3) is 11.0 Å². The van der Waals surface area contributed by atoms with Crippen LogP contribution in [0.1, 0.15) is 49.3 Å². The quantitative estimate of drug-likeness (QED) is 0.0661. The van der Waals surface area contributed by atoms with Gasteiger partial charge in [-0.3, -0.25) is 9.69 Å². The minimum absolute atomic E-state index is 0.0328. The molecule has 330 valence electrons. The number of methoxy groups -OCH3 is 1. The number of carbonyl (C=O) groups excluding carboxylic acids is 2. The Labute approximate surface area is 352 Å². The van der Waals surface area contributed by atoms with Gasteiger partial charge in [0, 0.05) is 64.0 Å². The second-order valence-electron chi connectivity index (χ2n) is 15.0. The van der Waals surface area contributed by atoms with E-state index in [0.29, 0.717) is 50.6 Å². The van der Waals surface area contributed by atoms with Gasteiger partial charge in [0.15, 0.2) is 11.9 Å². The lowest BCUT2D eigenvalue weighted by molar-refractivity contribution is -0.271. The van der Waals surface area contributed by atoms with Gasteiger partial charge in [-0.15, -0.1) is 0 Å². The first-order valence-electron chi connectivity index (χ1n) is 20.3. The molecule has 10 N–H and O–H groups in total. The fourth-order valence-corrected chi connectivity index (χ4v) is 7.23. The molecule has 2 aliphatic heterocycles. The summed E-state index contributed by atoms with van der Waals surface area (Å²) in [5.74, 6) is -0.406. The fraction of sp³-hybridized carbons (Fsp3) is 0.488. The van der Waals surface area contributed by atoms with Crippen LogP contribution < -0.4 is 31.6 Å². The number of carboxylic acid groups (broad SMARTS) is 1. The van der Waals surface area contributed by atoms with Crippen molar-refractivity contribution in [2.24, 2.45) is 5.73 Å². The van der Waals surface area contributed by atoms with Crippen molar-refractivity contribution in [2.45, 2.75) is 83.0 Å². The normalized spacial score (nSPS) is 20.6. The number of carboxylic acids is 1. The summed E-state index contributed by atoms with van der Waals surface area (Å²) >= 11 is 0. The van der Waals surface area contributed by atoms with Crippen molar-refractivity contribution in [2.75, 3.05) is 62.7 Å². The molecule has 6 rings (SSSR count). The van der Waals surface area contributed by atoms with Gasteiger partial charge in [0.1, 0.15) is 41.9 Å². The molecule has 0 spiro atoms. The summed E-state index contributed by atoms with van der Waals surface area (Å²) in [7, 11) is 1.65. The van der Waals surface area contributed by atoms with E-state index in [1.165, 1.54) is 12.1 Å². The van der Waals surface area contributed by atoms with Crippen molar-refractivity contribution in [3.8, 4) is 11.5 Å². The third-order valence-electron chi connectivity index (χ3n) is 10.5. The van der Waals surface area contributed by atoms with Gasteiger partial charge >= 0.3 is 12.1 Å². The molecule has 2 aromatic heterocycles. The molecule has 2 fully saturated rings. The first-order chi connectivity index (χ1) is 29.4. The van der Waals surface area contributed by atoms with Crippen molar-refractivity contribution in [1.82, 2.24) is 24.3 Å². The molecular weight excluding hydrogens is 795 g/mol. The number of aliphatic carboxylic acids is 1. The standard InChI is InChI=1S/C41H55N9O11/c1-3-4-5-13-44-37-32-27(46-40(43)47-37)11-14-50(32)22-26-8-6-24(20-30(26)58-2)21-48-15-17-49(18-16-48)41(57)59-23-25-7-9-29(28(19-25)45-31(51)10-12-42)60-39-35(54)33(52)34(53)36(61-39)38(55)56/h6-9,11,14,19-20,33-36,39,52-54H,3-5,10,12-13,15-18,21-23,42H2,1-2H3,(H,45,51)(H,55,56)(H3,43,44,46,47)/t33-,34-,35+,36-,39+/m0/s1. The Kier molecular flexibility index (Phi) is 15.2. The highest BCUT2D eigenvalue weighted by Gasteiger charge is 2.48. The zero-order valence-corrected chi connectivity index (χ0v) is 34.2. The zero-order chi connectivity index (χ0) is 43.6. The number of unbranched alkanes of at least 4 members (excludes halogenated alkanes) is 2. The predicted octanol–water partition coefficient (Wildman–Crippen LogP) is 1.69. The molecule has 2 aliphatic rings. The first kappa shape index (κ1) is 44.8. The Balaban J connectivity index is 1.03. The molecule has 0 aliphatic carbocycles. The van der Waals surface area contributed by atoms with Gasteiger partial charge in [0.2, 0.25) is 18.1 Å². The van der Waals surface area contributed by atoms with Crippen molar-refractivity contribution < 1.29 is 53.8 Å². The van der Waals surface area contributed by atoms with Crippen LogP contribution in [0.3, 0.4) is 0 Å². The number of carbonyl (C=O) groups is 3. The van der Waals surface area contributed by atoms with E-state index in [0.717, 1.165) is 53.7 Å². The number of aliphatic hydroxyl groups is 3. The lowest BCUT2D eigenvalue weighted by atomic mass is 9.99. The second kappa shape index (κ2) is 20.7. The number of aliphatic hydroxyl groups excluding tert-OH is 3. The van der Waals surface area contributed by atoms with Crippen molar-refractivity contribution in [3.63, 3.8) is 0 Å². The SMILES string of the molecule is CCCCCNc1nc(N)nc2ccn(Cc3ccc(CN4CCN(C(=O)OCc5ccc(O[C@@H]6O[C@H](C(=O)O)[C@@H](O)[C@H](O)[C@H]6O)c(NC(=O)CCN)c5)CC4)cc3OC)c12. The number of nitrogen functional groups attached to an aromatic ring is 1. The monoisotopic (exact) mass is 849 g/mol. The number of rotatable bonds is 18. The zero-order valence-electron chi connectivity index (χ0n) is 34.2. The molecule has 20 heteroatoms. The average Bonchev–Trinajstić information content (AvgIpc) is 3.65. The van der Waals surface area contributed by atoms with Crippen molar-refractivity contribution in [1.29, 1.82) is 0 Å². The third-order valence-corrected chi connectivity index (χ3v) is 10.5. The van der Waals surface area contributed by atoms with Crippen LogP contribution in [0.2, 0.25) is 0 Å².